The van der Waals surface area contributed by atoms with E-state index in [0.29, 0.717) is 22.9 Å². The number of rotatable bonds is 2. The summed E-state index contributed by atoms with van der Waals surface area (Å²) in [4.78, 5) is 8.98. The summed E-state index contributed by atoms with van der Waals surface area (Å²) in [5.41, 5.74) is 9.51. The minimum Gasteiger partial charge on any atom is -0.235 e. The van der Waals surface area contributed by atoms with Gasteiger partial charge in [-0.3, -0.25) is 0 Å². The number of thiophene rings is 1. The van der Waals surface area contributed by atoms with E-state index in [4.69, 9.17) is 4.11 Å². The molecule has 30 heavy (non-hydrogen) atoms. The lowest BCUT2D eigenvalue weighted by molar-refractivity contribution is 1.23. The van der Waals surface area contributed by atoms with Crippen LogP contribution in [-0.2, 0) is 0 Å². The normalized spacial score (nSPS) is 12.9. The summed E-state index contributed by atoms with van der Waals surface area (Å²) in [6.45, 7) is 10.1. The summed E-state index contributed by atoms with van der Waals surface area (Å²) < 4.78 is 27.2. The number of aromatic nitrogens is 2. The Hall–Kier alpha value is -3.04. The number of hydrogen-bond acceptors (Lipinski definition) is 3. The van der Waals surface area contributed by atoms with Crippen molar-refractivity contribution in [1.82, 2.24) is 9.97 Å². The third-order valence-corrected chi connectivity index (χ3v) is 6.73. The molecule has 2 nitrogen and oxygen atoms in total. The number of aryl methyl sites for hydroxylation is 4. The third-order valence-electron chi connectivity index (χ3n) is 5.50. The first kappa shape index (κ1) is 15.8. The molecule has 0 saturated heterocycles. The van der Waals surface area contributed by atoms with Crippen LogP contribution >= 0.6 is 11.3 Å². The minimum atomic E-state index is -0.0602. The smallest absolute Gasteiger partial charge is 0.116 e. The summed E-state index contributed by atoms with van der Waals surface area (Å²) in [5.74, 6) is 0. The molecule has 0 fully saturated rings. The summed E-state index contributed by atoms with van der Waals surface area (Å²) in [5, 5.41) is 1.00. The van der Waals surface area contributed by atoms with E-state index < -0.39 is 0 Å². The van der Waals surface area contributed by atoms with Gasteiger partial charge in [0, 0.05) is 21.2 Å². The number of benzene rings is 3. The van der Waals surface area contributed by atoms with Crippen molar-refractivity contribution in [2.24, 2.45) is 0 Å². The molecule has 0 spiro atoms. The van der Waals surface area contributed by atoms with E-state index in [0.717, 1.165) is 31.4 Å². The average Bonchev–Trinajstić information content (AvgIpc) is 3.13. The molecule has 3 heteroatoms. The fourth-order valence-corrected chi connectivity index (χ4v) is 5.75. The molecule has 2 heterocycles. The Labute approximate surface area is 185 Å². The van der Waals surface area contributed by atoms with Gasteiger partial charge in [-0.2, -0.15) is 0 Å². The second-order valence-corrected chi connectivity index (χ2v) is 9.04. The Balaban J connectivity index is 1.89. The molecule has 5 rings (SSSR count). The van der Waals surface area contributed by atoms with Gasteiger partial charge in [0.05, 0.1) is 18.7 Å². The zero-order valence-corrected chi connectivity index (χ0v) is 18.6. The molecular weight excluding hydrogens is 384 g/mol. The van der Waals surface area contributed by atoms with E-state index in [1.807, 2.05) is 19.1 Å². The van der Waals surface area contributed by atoms with Crippen LogP contribution in [-0.4, -0.2) is 9.97 Å². The van der Waals surface area contributed by atoms with Crippen LogP contribution in [0.15, 0.2) is 54.8 Å². The molecule has 5 aromatic rings. The van der Waals surface area contributed by atoms with Crippen LogP contribution in [0.4, 0.5) is 0 Å². The highest BCUT2D eigenvalue weighted by molar-refractivity contribution is 7.26. The van der Waals surface area contributed by atoms with Gasteiger partial charge in [0.25, 0.3) is 0 Å². The van der Waals surface area contributed by atoms with Crippen LogP contribution in [0.3, 0.4) is 0 Å². The zero-order valence-electron chi connectivity index (χ0n) is 20.8. The molecule has 0 aliphatic carbocycles. The predicted molar refractivity (Wildman–Crippen MR) is 129 cm³/mol. The number of nitrogens with zero attached hydrogens (tertiary/aromatic N) is 2. The molecule has 3 aromatic carbocycles. The maximum absolute atomic E-state index is 8.67. The van der Waals surface area contributed by atoms with Gasteiger partial charge in [-0.1, -0.05) is 53.1 Å². The van der Waals surface area contributed by atoms with Crippen molar-refractivity contribution in [2.45, 2.75) is 34.6 Å². The van der Waals surface area contributed by atoms with E-state index in [1.54, 1.807) is 18.3 Å². The molecule has 0 atom stereocenters. The summed E-state index contributed by atoms with van der Waals surface area (Å²) >= 11 is 1.62. The summed E-state index contributed by atoms with van der Waals surface area (Å²) in [6, 6.07) is 13.2. The van der Waals surface area contributed by atoms with Gasteiger partial charge >= 0.3 is 0 Å². The Bertz CT molecular complexity index is 1580. The van der Waals surface area contributed by atoms with Crippen molar-refractivity contribution in [1.29, 1.82) is 0 Å². The molecule has 0 amide bonds. The molecule has 0 aliphatic heterocycles. The molecule has 0 aliphatic rings. The Morgan fingerprint density at radius 2 is 1.57 bits per heavy atom. The molecule has 0 bridgehead atoms. The van der Waals surface area contributed by atoms with Crippen molar-refractivity contribution < 1.29 is 4.11 Å². The highest BCUT2D eigenvalue weighted by atomic mass is 32.1. The van der Waals surface area contributed by atoms with Crippen LogP contribution in [0.1, 0.15) is 31.9 Å². The van der Waals surface area contributed by atoms with E-state index in [1.165, 1.54) is 22.3 Å². The zero-order chi connectivity index (χ0) is 23.6. The SMILES string of the molecule is [2H]c1nc(-c2cc(C)c([2H])c(C)c2[2H])c2sc3c(-c4c(C)cc(C)cc4C)cccc3c2n1. The van der Waals surface area contributed by atoms with Crippen LogP contribution in [0, 0.1) is 34.6 Å². The van der Waals surface area contributed by atoms with Gasteiger partial charge in [0.2, 0.25) is 0 Å². The maximum Gasteiger partial charge on any atom is 0.116 e. The Kier molecular flexibility index (Phi) is 3.69. The lowest BCUT2D eigenvalue weighted by Gasteiger charge is -2.12. The second-order valence-electron chi connectivity index (χ2n) is 8.02. The highest BCUT2D eigenvalue weighted by Gasteiger charge is 2.17. The van der Waals surface area contributed by atoms with Crippen molar-refractivity contribution in [2.75, 3.05) is 0 Å². The second kappa shape index (κ2) is 7.03. The van der Waals surface area contributed by atoms with Gasteiger partial charge in [-0.05, 0) is 63.4 Å². The van der Waals surface area contributed by atoms with Crippen LogP contribution in [0.2, 0.25) is 0 Å². The average molecular weight is 412 g/mol. The van der Waals surface area contributed by atoms with E-state index in [9.17, 15) is 0 Å². The Morgan fingerprint density at radius 3 is 2.33 bits per heavy atom. The molecule has 0 radical (unpaired) electrons. The molecule has 0 saturated carbocycles. The first-order valence-corrected chi connectivity index (χ1v) is 10.8. The van der Waals surface area contributed by atoms with Crippen LogP contribution in [0.5, 0.6) is 0 Å². The first-order valence-electron chi connectivity index (χ1n) is 11.5. The monoisotopic (exact) mass is 411 g/mol. The third kappa shape index (κ3) is 3.01. The quantitative estimate of drug-likeness (QED) is 0.297. The lowest BCUT2D eigenvalue weighted by atomic mass is 9.93. The van der Waals surface area contributed by atoms with Crippen LogP contribution in [0.25, 0.3) is 42.7 Å². The first-order chi connectivity index (χ1) is 15.7. The molecule has 0 unspecified atom stereocenters. The van der Waals surface area contributed by atoms with E-state index in [-0.39, 0.29) is 12.3 Å². The Morgan fingerprint density at radius 1 is 0.800 bits per heavy atom. The highest BCUT2D eigenvalue weighted by Crippen LogP contribution is 2.43. The summed E-state index contributed by atoms with van der Waals surface area (Å²) in [7, 11) is 0. The maximum atomic E-state index is 8.67. The molecule has 148 valence electrons. The molecular formula is C27H24N2S. The van der Waals surface area contributed by atoms with E-state index >= 15 is 0 Å². The van der Waals surface area contributed by atoms with Crippen molar-refractivity contribution >= 4 is 31.6 Å². The minimum absolute atomic E-state index is 0.0602. The topological polar surface area (TPSA) is 25.8 Å². The largest absolute Gasteiger partial charge is 0.235 e. The fraction of sp³-hybridized carbons (Fsp3) is 0.185. The van der Waals surface area contributed by atoms with Gasteiger partial charge in [-0.15, -0.1) is 11.3 Å². The predicted octanol–water partition coefficient (Wildman–Crippen LogP) is 7.72. The van der Waals surface area contributed by atoms with Gasteiger partial charge in [-0.25, -0.2) is 9.97 Å². The lowest BCUT2D eigenvalue weighted by Crippen LogP contribution is -1.90. The van der Waals surface area contributed by atoms with Gasteiger partial charge in [0.15, 0.2) is 0 Å². The molecule has 0 N–H and O–H groups in total. The number of fused-ring (bicyclic) bond motifs is 3. The standard InChI is InChI=1S/C27H24N2S/c1-15-9-16(2)13-20(12-15)24-27-25(29-14-28-24)22-8-6-7-21(26(22)30-27)23-18(4)10-17(3)11-19(23)5/h6-14H,1-5H3/i9D,12D,14D. The van der Waals surface area contributed by atoms with Crippen molar-refractivity contribution in [3.8, 4) is 22.4 Å². The van der Waals surface area contributed by atoms with E-state index in [2.05, 4.69) is 55.0 Å². The number of hydrogen-bond donors (Lipinski definition) is 0. The van der Waals surface area contributed by atoms with Gasteiger partial charge in [0.1, 0.15) is 7.67 Å². The van der Waals surface area contributed by atoms with Gasteiger partial charge < -0.3 is 0 Å². The van der Waals surface area contributed by atoms with Crippen LogP contribution < -0.4 is 0 Å². The van der Waals surface area contributed by atoms with Crippen molar-refractivity contribution in [3.63, 3.8) is 0 Å². The summed E-state index contributed by atoms with van der Waals surface area (Å²) in [6.07, 6.45) is -0.0602. The molecule has 2 aromatic heterocycles. The van der Waals surface area contributed by atoms with Crippen molar-refractivity contribution in [3.05, 3.63) is 82.6 Å². The fourth-order valence-electron chi connectivity index (χ4n) is 4.48.